The number of hydrogen-bond donors (Lipinski definition) is 2. The predicted molar refractivity (Wildman–Crippen MR) is 146 cm³/mol. The Hall–Kier alpha value is -4.13. The number of rotatable bonds is 6. The van der Waals surface area contributed by atoms with Gasteiger partial charge in [-0.15, -0.1) is 0 Å². The van der Waals surface area contributed by atoms with Gasteiger partial charge in [-0.3, -0.25) is 9.59 Å². The number of nitrogens with one attached hydrogen (secondary N) is 2. The highest BCUT2D eigenvalue weighted by Crippen LogP contribution is 2.48. The van der Waals surface area contributed by atoms with Crippen molar-refractivity contribution in [3.05, 3.63) is 101 Å². The van der Waals surface area contributed by atoms with Gasteiger partial charge in [-0.05, 0) is 47.7 Å². The molecule has 5 rings (SSSR count). The minimum absolute atomic E-state index is 0.0338. The molecule has 0 saturated carbocycles. The number of carbonyl (C=O) groups excluding carboxylic acids is 2. The Kier molecular flexibility index (Phi) is 6.93. The number of fused-ring (bicyclic) bond motifs is 1. The minimum atomic E-state index is -0.752. The lowest BCUT2D eigenvalue weighted by atomic mass is 9.73. The number of carbonyl (C=O) groups is 2. The topological polar surface area (TPSA) is 70.7 Å². The number of anilines is 2. The first-order chi connectivity index (χ1) is 18.3. The first-order valence-corrected chi connectivity index (χ1v) is 12.8. The number of amides is 1. The standard InChI is InChI=1S/C31H32FN3O3/c1-31(2)16-25-29(27(36)17-31)30(22-8-4-5-9-23(22)32)35(26-11-7-6-10-24(26)34-25)19-28(37)33-18-20-12-14-21(38-3)15-13-20/h4-15,30,34H,16-19H2,1-3H3,(H,33,37). The number of benzene rings is 3. The van der Waals surface area contributed by atoms with E-state index in [4.69, 9.17) is 4.74 Å². The second-order valence-corrected chi connectivity index (χ2v) is 10.7. The van der Waals surface area contributed by atoms with E-state index >= 15 is 4.39 Å². The van der Waals surface area contributed by atoms with E-state index in [-0.39, 0.29) is 23.7 Å². The first kappa shape index (κ1) is 25.5. The van der Waals surface area contributed by atoms with E-state index in [2.05, 4.69) is 24.5 Å². The highest BCUT2D eigenvalue weighted by Gasteiger charge is 2.42. The molecule has 2 N–H and O–H groups in total. The van der Waals surface area contributed by atoms with Crippen molar-refractivity contribution in [2.75, 3.05) is 23.9 Å². The van der Waals surface area contributed by atoms with E-state index in [0.717, 1.165) is 28.4 Å². The van der Waals surface area contributed by atoms with Crippen LogP contribution in [0.1, 0.15) is 43.9 Å². The van der Waals surface area contributed by atoms with E-state index in [9.17, 15) is 9.59 Å². The molecule has 7 heteroatoms. The molecule has 0 fully saturated rings. The molecule has 1 atom stereocenters. The van der Waals surface area contributed by atoms with E-state index in [1.807, 2.05) is 53.4 Å². The number of para-hydroxylation sites is 2. The lowest BCUT2D eigenvalue weighted by Crippen LogP contribution is -2.42. The van der Waals surface area contributed by atoms with Crippen molar-refractivity contribution in [2.24, 2.45) is 5.41 Å². The van der Waals surface area contributed by atoms with Gasteiger partial charge in [0, 0.05) is 29.8 Å². The Morgan fingerprint density at radius 3 is 2.50 bits per heavy atom. The third kappa shape index (κ3) is 5.14. The quantitative estimate of drug-likeness (QED) is 0.438. The van der Waals surface area contributed by atoms with Gasteiger partial charge in [-0.25, -0.2) is 4.39 Å². The summed E-state index contributed by atoms with van der Waals surface area (Å²) in [5.74, 6) is 0.0638. The normalized spacial score (nSPS) is 18.2. The van der Waals surface area contributed by atoms with Crippen molar-refractivity contribution >= 4 is 23.1 Å². The van der Waals surface area contributed by atoms with Crippen LogP contribution in [0.25, 0.3) is 0 Å². The summed E-state index contributed by atoms with van der Waals surface area (Å²) >= 11 is 0. The number of Topliss-reactive ketones (excluding diaryl/α,β-unsaturated/α-hetero) is 1. The maximum absolute atomic E-state index is 15.4. The molecule has 38 heavy (non-hydrogen) atoms. The number of nitrogens with zero attached hydrogens (tertiary/aromatic N) is 1. The first-order valence-electron chi connectivity index (χ1n) is 12.8. The smallest absolute Gasteiger partial charge is 0.239 e. The lowest BCUT2D eigenvalue weighted by Gasteiger charge is -2.38. The molecule has 6 nitrogen and oxygen atoms in total. The molecule has 0 radical (unpaired) electrons. The highest BCUT2D eigenvalue weighted by atomic mass is 19.1. The number of hydrogen-bond acceptors (Lipinski definition) is 5. The fraction of sp³-hybridized carbons (Fsp3) is 0.290. The van der Waals surface area contributed by atoms with Gasteiger partial charge in [-0.2, -0.15) is 0 Å². The van der Waals surface area contributed by atoms with Gasteiger partial charge in [0.05, 0.1) is 31.1 Å². The zero-order valence-electron chi connectivity index (χ0n) is 21.9. The van der Waals surface area contributed by atoms with Crippen LogP contribution in [0.3, 0.4) is 0 Å². The molecule has 3 aromatic rings. The molecule has 3 aromatic carbocycles. The van der Waals surface area contributed by atoms with E-state index in [1.54, 1.807) is 25.3 Å². The molecule has 0 bridgehead atoms. The summed E-state index contributed by atoms with van der Waals surface area (Å²) in [4.78, 5) is 28.9. The number of ketones is 1. The Labute approximate surface area is 222 Å². The maximum atomic E-state index is 15.4. The van der Waals surface area contributed by atoms with Crippen LogP contribution in [-0.4, -0.2) is 25.3 Å². The number of methoxy groups -OCH3 is 1. The third-order valence-corrected chi connectivity index (χ3v) is 7.17. The molecule has 1 amide bonds. The molecule has 1 unspecified atom stereocenters. The largest absolute Gasteiger partial charge is 0.497 e. The van der Waals surface area contributed by atoms with E-state index in [0.29, 0.717) is 30.5 Å². The summed E-state index contributed by atoms with van der Waals surface area (Å²) in [6.07, 6.45) is 0.997. The SMILES string of the molecule is COc1ccc(CNC(=O)CN2c3ccccc3NC3=C(C(=O)CC(C)(C)C3)C2c2ccccc2F)cc1. The molecule has 0 saturated heterocycles. The van der Waals surface area contributed by atoms with Gasteiger partial charge in [0.1, 0.15) is 11.6 Å². The zero-order chi connectivity index (χ0) is 26.9. The summed E-state index contributed by atoms with van der Waals surface area (Å²) in [7, 11) is 1.61. The summed E-state index contributed by atoms with van der Waals surface area (Å²) < 4.78 is 20.6. The van der Waals surface area contributed by atoms with Gasteiger partial charge in [-0.1, -0.05) is 56.3 Å². The van der Waals surface area contributed by atoms with Crippen LogP contribution in [0, 0.1) is 11.2 Å². The van der Waals surface area contributed by atoms with E-state index < -0.39 is 11.9 Å². The van der Waals surface area contributed by atoms with Crippen molar-refractivity contribution in [3.63, 3.8) is 0 Å². The van der Waals surface area contributed by atoms with Crippen molar-refractivity contribution in [1.82, 2.24) is 5.32 Å². The molecule has 2 aliphatic rings. The van der Waals surface area contributed by atoms with Crippen LogP contribution in [0.4, 0.5) is 15.8 Å². The summed E-state index contributed by atoms with van der Waals surface area (Å²) in [5, 5.41) is 6.47. The van der Waals surface area contributed by atoms with Crippen LogP contribution < -0.4 is 20.3 Å². The average Bonchev–Trinajstić information content (AvgIpc) is 3.02. The number of halogens is 1. The van der Waals surface area contributed by atoms with Crippen molar-refractivity contribution < 1.29 is 18.7 Å². The Balaban J connectivity index is 1.54. The minimum Gasteiger partial charge on any atom is -0.497 e. The average molecular weight is 514 g/mol. The number of ether oxygens (including phenoxy) is 1. The van der Waals surface area contributed by atoms with Gasteiger partial charge >= 0.3 is 0 Å². The zero-order valence-corrected chi connectivity index (χ0v) is 21.9. The van der Waals surface area contributed by atoms with Crippen LogP contribution in [0.5, 0.6) is 5.75 Å². The van der Waals surface area contributed by atoms with Crippen LogP contribution in [0.2, 0.25) is 0 Å². The third-order valence-electron chi connectivity index (χ3n) is 7.17. The van der Waals surface area contributed by atoms with Crippen molar-refractivity contribution in [2.45, 2.75) is 39.3 Å². The fourth-order valence-electron chi connectivity index (χ4n) is 5.40. The van der Waals surface area contributed by atoms with Gasteiger partial charge in [0.15, 0.2) is 5.78 Å². The predicted octanol–water partition coefficient (Wildman–Crippen LogP) is 5.77. The molecular formula is C31H32FN3O3. The fourth-order valence-corrected chi connectivity index (χ4v) is 5.40. The Morgan fingerprint density at radius 2 is 1.76 bits per heavy atom. The molecule has 0 aromatic heterocycles. The summed E-state index contributed by atoms with van der Waals surface area (Å²) in [6.45, 7) is 4.41. The van der Waals surface area contributed by atoms with E-state index in [1.165, 1.54) is 6.07 Å². The van der Waals surface area contributed by atoms with Crippen molar-refractivity contribution in [3.8, 4) is 5.75 Å². The number of allylic oxidation sites excluding steroid dienone is 1. The van der Waals surface area contributed by atoms with Gasteiger partial charge < -0.3 is 20.3 Å². The van der Waals surface area contributed by atoms with Crippen molar-refractivity contribution in [1.29, 1.82) is 0 Å². The molecule has 0 spiro atoms. The van der Waals surface area contributed by atoms with Gasteiger partial charge in [0.25, 0.3) is 0 Å². The monoisotopic (exact) mass is 513 g/mol. The Bertz CT molecular complexity index is 1400. The lowest BCUT2D eigenvalue weighted by molar-refractivity contribution is -0.121. The maximum Gasteiger partial charge on any atom is 0.239 e. The second-order valence-electron chi connectivity index (χ2n) is 10.7. The molecular weight excluding hydrogens is 481 g/mol. The van der Waals surface area contributed by atoms with Crippen LogP contribution >= 0.6 is 0 Å². The molecule has 1 aliphatic heterocycles. The summed E-state index contributed by atoms with van der Waals surface area (Å²) in [5.41, 5.74) is 3.89. The summed E-state index contributed by atoms with van der Waals surface area (Å²) in [6, 6.07) is 20.9. The van der Waals surface area contributed by atoms with Crippen LogP contribution in [-0.2, 0) is 16.1 Å². The second kappa shape index (κ2) is 10.3. The highest BCUT2D eigenvalue weighted by molar-refractivity contribution is 6.01. The molecule has 1 heterocycles. The molecule has 1 aliphatic carbocycles. The van der Waals surface area contributed by atoms with Crippen LogP contribution in [0.15, 0.2) is 84.1 Å². The Morgan fingerprint density at radius 1 is 1.05 bits per heavy atom. The molecule has 196 valence electrons. The van der Waals surface area contributed by atoms with Gasteiger partial charge in [0.2, 0.25) is 5.91 Å².